The van der Waals surface area contributed by atoms with Crippen molar-refractivity contribution in [1.29, 1.82) is 0 Å². The van der Waals surface area contributed by atoms with Crippen LogP contribution in [-0.2, 0) is 12.8 Å². The first-order valence-corrected chi connectivity index (χ1v) is 6.89. The molecule has 0 unspecified atom stereocenters. The molecule has 3 N–H and O–H groups in total. The Labute approximate surface area is 118 Å². The van der Waals surface area contributed by atoms with E-state index in [1.807, 2.05) is 12.1 Å². The zero-order valence-corrected chi connectivity index (χ0v) is 11.2. The number of nitrogen functional groups attached to an aromatic ring is 1. The van der Waals surface area contributed by atoms with Crippen LogP contribution in [0.2, 0.25) is 0 Å². The molecular weight excluding hydrogens is 250 g/mol. The van der Waals surface area contributed by atoms with Gasteiger partial charge in [0.15, 0.2) is 0 Å². The Kier molecular flexibility index (Phi) is 3.37. The Morgan fingerprint density at radius 2 is 1.90 bits per heavy atom. The molecule has 1 amide bonds. The lowest BCUT2D eigenvalue weighted by atomic mass is 9.90. The highest BCUT2D eigenvalue weighted by Gasteiger charge is 2.15. The lowest BCUT2D eigenvalue weighted by Gasteiger charge is -2.19. The number of aryl methyl sites for hydroxylation is 1. The van der Waals surface area contributed by atoms with Gasteiger partial charge >= 0.3 is 0 Å². The molecule has 1 aromatic heterocycles. The molecule has 0 aliphatic heterocycles. The van der Waals surface area contributed by atoms with Crippen LogP contribution in [0.3, 0.4) is 0 Å². The number of carbonyl (C=O) groups excluding carboxylic acids is 1. The molecule has 0 fully saturated rings. The maximum Gasteiger partial charge on any atom is 0.274 e. The summed E-state index contributed by atoms with van der Waals surface area (Å²) in [5.74, 6) is 0.143. The number of fused-ring (bicyclic) bond motifs is 1. The predicted octanol–water partition coefficient (Wildman–Crippen LogP) is 2.79. The van der Waals surface area contributed by atoms with E-state index in [0.29, 0.717) is 11.5 Å². The van der Waals surface area contributed by atoms with E-state index in [1.165, 1.54) is 24.0 Å². The molecule has 0 saturated heterocycles. The number of nitrogens with zero attached hydrogens (tertiary/aromatic N) is 1. The fourth-order valence-corrected chi connectivity index (χ4v) is 2.66. The summed E-state index contributed by atoms with van der Waals surface area (Å²) in [5.41, 5.74) is 9.46. The highest BCUT2D eigenvalue weighted by atomic mass is 16.1. The quantitative estimate of drug-likeness (QED) is 0.879. The number of nitrogens with one attached hydrogen (secondary N) is 1. The fourth-order valence-electron chi connectivity index (χ4n) is 2.66. The first kappa shape index (κ1) is 12.7. The van der Waals surface area contributed by atoms with Crippen LogP contribution in [0.15, 0.2) is 36.4 Å². The summed E-state index contributed by atoms with van der Waals surface area (Å²) >= 11 is 0. The van der Waals surface area contributed by atoms with E-state index in [-0.39, 0.29) is 5.91 Å². The Bertz CT molecular complexity index is 652. The second kappa shape index (κ2) is 5.33. The Morgan fingerprint density at radius 1 is 1.10 bits per heavy atom. The summed E-state index contributed by atoms with van der Waals surface area (Å²) in [4.78, 5) is 16.3. The van der Waals surface area contributed by atoms with Crippen molar-refractivity contribution in [3.05, 3.63) is 53.2 Å². The van der Waals surface area contributed by atoms with Crippen LogP contribution >= 0.6 is 0 Å². The molecule has 20 heavy (non-hydrogen) atoms. The van der Waals surface area contributed by atoms with Gasteiger partial charge in [-0.2, -0.15) is 0 Å². The standard InChI is InChI=1S/C16H17N3O/c17-15-10-4-9-14(18-15)16(20)19-13-8-3-6-11-5-1-2-7-12(11)13/h3-4,6,8-10H,1-2,5,7H2,(H2,17,18)(H,19,20). The summed E-state index contributed by atoms with van der Waals surface area (Å²) < 4.78 is 0. The van der Waals surface area contributed by atoms with Gasteiger partial charge in [-0.3, -0.25) is 4.79 Å². The highest BCUT2D eigenvalue weighted by Crippen LogP contribution is 2.28. The summed E-state index contributed by atoms with van der Waals surface area (Å²) in [5, 5.41) is 2.96. The third kappa shape index (κ3) is 2.50. The minimum atomic E-state index is -0.212. The predicted molar refractivity (Wildman–Crippen MR) is 79.7 cm³/mol. The Balaban J connectivity index is 1.86. The zero-order valence-electron chi connectivity index (χ0n) is 11.2. The molecule has 0 atom stereocenters. The summed E-state index contributed by atoms with van der Waals surface area (Å²) in [7, 11) is 0. The second-order valence-electron chi connectivity index (χ2n) is 5.05. The van der Waals surface area contributed by atoms with E-state index < -0.39 is 0 Å². The van der Waals surface area contributed by atoms with Crippen LogP contribution in [0, 0.1) is 0 Å². The number of hydrogen-bond acceptors (Lipinski definition) is 3. The molecule has 4 heteroatoms. The number of anilines is 2. The van der Waals surface area contributed by atoms with Gasteiger partial charge in [-0.15, -0.1) is 0 Å². The first-order valence-electron chi connectivity index (χ1n) is 6.89. The van der Waals surface area contributed by atoms with Gasteiger partial charge in [0.25, 0.3) is 5.91 Å². The van der Waals surface area contributed by atoms with Crippen molar-refractivity contribution in [2.45, 2.75) is 25.7 Å². The number of hydrogen-bond donors (Lipinski definition) is 2. The Hall–Kier alpha value is -2.36. The molecule has 3 rings (SSSR count). The van der Waals surface area contributed by atoms with Gasteiger partial charge < -0.3 is 11.1 Å². The molecule has 0 radical (unpaired) electrons. The van der Waals surface area contributed by atoms with E-state index in [1.54, 1.807) is 18.2 Å². The number of pyridine rings is 1. The van der Waals surface area contributed by atoms with Crippen molar-refractivity contribution >= 4 is 17.4 Å². The van der Waals surface area contributed by atoms with Crippen molar-refractivity contribution in [2.24, 2.45) is 0 Å². The summed E-state index contributed by atoms with van der Waals surface area (Å²) in [6.07, 6.45) is 4.52. The highest BCUT2D eigenvalue weighted by molar-refractivity contribution is 6.03. The molecule has 0 spiro atoms. The molecule has 0 bridgehead atoms. The van der Waals surface area contributed by atoms with Crippen molar-refractivity contribution in [1.82, 2.24) is 4.98 Å². The van der Waals surface area contributed by atoms with Gasteiger partial charge in [-0.05, 0) is 55.0 Å². The molecule has 1 aliphatic rings. The molecule has 102 valence electrons. The maximum atomic E-state index is 12.2. The summed E-state index contributed by atoms with van der Waals surface area (Å²) in [6.45, 7) is 0. The van der Waals surface area contributed by atoms with Gasteiger partial charge in [0.1, 0.15) is 11.5 Å². The van der Waals surface area contributed by atoms with Crippen molar-refractivity contribution in [3.63, 3.8) is 0 Å². The fraction of sp³-hybridized carbons (Fsp3) is 0.250. The average Bonchev–Trinajstić information content (AvgIpc) is 2.47. The van der Waals surface area contributed by atoms with Crippen molar-refractivity contribution < 1.29 is 4.79 Å². The molecule has 1 heterocycles. The molecule has 1 aliphatic carbocycles. The lowest BCUT2D eigenvalue weighted by molar-refractivity contribution is 0.102. The number of aromatic nitrogens is 1. The maximum absolute atomic E-state index is 12.2. The largest absolute Gasteiger partial charge is 0.384 e. The van der Waals surface area contributed by atoms with E-state index in [0.717, 1.165) is 18.5 Å². The van der Waals surface area contributed by atoms with Crippen LogP contribution in [0.1, 0.15) is 34.5 Å². The number of carbonyl (C=O) groups is 1. The third-order valence-corrected chi connectivity index (χ3v) is 3.65. The van der Waals surface area contributed by atoms with E-state index >= 15 is 0 Å². The number of nitrogens with two attached hydrogens (primary N) is 1. The molecule has 0 saturated carbocycles. The van der Waals surface area contributed by atoms with Crippen LogP contribution in [-0.4, -0.2) is 10.9 Å². The summed E-state index contributed by atoms with van der Waals surface area (Å²) in [6, 6.07) is 11.2. The van der Waals surface area contributed by atoms with Gasteiger partial charge in [-0.25, -0.2) is 4.98 Å². The molecular formula is C16H17N3O. The average molecular weight is 267 g/mol. The monoisotopic (exact) mass is 267 g/mol. The zero-order chi connectivity index (χ0) is 13.9. The number of benzene rings is 1. The third-order valence-electron chi connectivity index (χ3n) is 3.65. The smallest absolute Gasteiger partial charge is 0.274 e. The van der Waals surface area contributed by atoms with E-state index in [9.17, 15) is 4.79 Å². The van der Waals surface area contributed by atoms with Crippen molar-refractivity contribution in [3.8, 4) is 0 Å². The van der Waals surface area contributed by atoms with Gasteiger partial charge in [0, 0.05) is 5.69 Å². The van der Waals surface area contributed by atoms with Gasteiger partial charge in [-0.1, -0.05) is 18.2 Å². The van der Waals surface area contributed by atoms with Gasteiger partial charge in [0.05, 0.1) is 0 Å². The first-order chi connectivity index (χ1) is 9.74. The molecule has 1 aromatic carbocycles. The number of rotatable bonds is 2. The minimum absolute atomic E-state index is 0.212. The van der Waals surface area contributed by atoms with Crippen LogP contribution in [0.4, 0.5) is 11.5 Å². The molecule has 4 nitrogen and oxygen atoms in total. The molecule has 2 aromatic rings. The van der Waals surface area contributed by atoms with Gasteiger partial charge in [0.2, 0.25) is 0 Å². The Morgan fingerprint density at radius 3 is 2.75 bits per heavy atom. The van der Waals surface area contributed by atoms with Crippen LogP contribution in [0.5, 0.6) is 0 Å². The van der Waals surface area contributed by atoms with E-state index in [4.69, 9.17) is 5.73 Å². The van der Waals surface area contributed by atoms with Crippen molar-refractivity contribution in [2.75, 3.05) is 11.1 Å². The SMILES string of the molecule is Nc1cccc(C(=O)Nc2cccc3c2CCCC3)n1. The minimum Gasteiger partial charge on any atom is -0.384 e. The van der Waals surface area contributed by atoms with E-state index in [2.05, 4.69) is 16.4 Å². The van der Waals surface area contributed by atoms with Crippen LogP contribution < -0.4 is 11.1 Å². The normalized spacial score (nSPS) is 13.6. The number of amides is 1. The topological polar surface area (TPSA) is 68.0 Å². The lowest BCUT2D eigenvalue weighted by Crippen LogP contribution is -2.17. The van der Waals surface area contributed by atoms with Crippen LogP contribution in [0.25, 0.3) is 0 Å². The second-order valence-corrected chi connectivity index (χ2v) is 5.05.